The topological polar surface area (TPSA) is 50.1 Å². The Labute approximate surface area is 158 Å². The fourth-order valence-corrected chi connectivity index (χ4v) is 3.84. The number of carbonyl (C=O) groups is 1. The van der Waals surface area contributed by atoms with Crippen molar-refractivity contribution in [1.82, 2.24) is 0 Å². The molecule has 1 aromatic carbocycles. The lowest BCUT2D eigenvalue weighted by Crippen LogP contribution is -2.31. The maximum Gasteiger partial charge on any atom is 0.314 e. The van der Waals surface area contributed by atoms with Crippen LogP contribution in [0.1, 0.15) is 83.6 Å². The highest BCUT2D eigenvalue weighted by atomic mass is 16.5. The maximum atomic E-state index is 12.5. The number of nitrogens with zero attached hydrogens (tertiary/aromatic N) is 1. The highest BCUT2D eigenvalue weighted by Gasteiger charge is 2.37. The van der Waals surface area contributed by atoms with Crippen molar-refractivity contribution in [3.8, 4) is 11.8 Å². The summed E-state index contributed by atoms with van der Waals surface area (Å²) in [7, 11) is 0. The molecule has 0 spiro atoms. The lowest BCUT2D eigenvalue weighted by molar-refractivity contribution is -0.140. The Morgan fingerprint density at radius 3 is 2.35 bits per heavy atom. The first-order valence-corrected chi connectivity index (χ1v) is 10.3. The van der Waals surface area contributed by atoms with Crippen LogP contribution < -0.4 is 4.74 Å². The average molecular weight is 356 g/mol. The first-order chi connectivity index (χ1) is 12.6. The predicted molar refractivity (Wildman–Crippen MR) is 105 cm³/mol. The molecule has 1 aliphatic carbocycles. The van der Waals surface area contributed by atoms with Crippen LogP contribution in [0.3, 0.4) is 0 Å². The van der Waals surface area contributed by atoms with Gasteiger partial charge in [-0.05, 0) is 62.6 Å². The van der Waals surface area contributed by atoms with Crippen LogP contribution in [0, 0.1) is 22.7 Å². The van der Waals surface area contributed by atoms with E-state index in [1.165, 1.54) is 31.2 Å². The Balaban J connectivity index is 1.83. The number of ether oxygens (including phenoxy) is 1. The van der Waals surface area contributed by atoms with Gasteiger partial charge in [0.1, 0.15) is 5.75 Å². The first kappa shape index (κ1) is 20.5. The molecule has 0 amide bonds. The van der Waals surface area contributed by atoms with Crippen molar-refractivity contribution < 1.29 is 9.53 Å². The fourth-order valence-electron chi connectivity index (χ4n) is 3.84. The van der Waals surface area contributed by atoms with Crippen molar-refractivity contribution in [3.63, 3.8) is 0 Å². The van der Waals surface area contributed by atoms with E-state index in [1.807, 2.05) is 24.3 Å². The van der Waals surface area contributed by atoms with Crippen LogP contribution in [0.15, 0.2) is 24.3 Å². The van der Waals surface area contributed by atoms with Crippen LogP contribution in [0.2, 0.25) is 0 Å². The highest BCUT2D eigenvalue weighted by molar-refractivity contribution is 5.75. The summed E-state index contributed by atoms with van der Waals surface area (Å²) in [4.78, 5) is 12.5. The van der Waals surface area contributed by atoms with Crippen molar-refractivity contribution in [2.24, 2.45) is 11.3 Å². The number of unbranched alkanes of at least 4 members (excludes halogenated alkanes) is 3. The van der Waals surface area contributed by atoms with Crippen molar-refractivity contribution >= 4 is 5.97 Å². The highest BCUT2D eigenvalue weighted by Crippen LogP contribution is 2.42. The zero-order valence-electron chi connectivity index (χ0n) is 16.4. The molecule has 1 aliphatic rings. The van der Waals surface area contributed by atoms with Crippen LogP contribution >= 0.6 is 0 Å². The molecular weight excluding hydrogens is 322 g/mol. The van der Waals surface area contributed by atoms with E-state index in [9.17, 15) is 10.1 Å². The fraction of sp³-hybridized carbons (Fsp3) is 0.652. The molecule has 2 rings (SSSR count). The van der Waals surface area contributed by atoms with Crippen molar-refractivity contribution in [3.05, 3.63) is 29.8 Å². The minimum absolute atomic E-state index is 0.0672. The SMILES string of the molecule is CCCCC[C@]1(C#N)CC[C@@H](C(=O)Oc2ccc(CCCC)cc2)CC1. The summed E-state index contributed by atoms with van der Waals surface area (Å²) < 4.78 is 5.59. The van der Waals surface area contributed by atoms with E-state index < -0.39 is 0 Å². The number of esters is 1. The second kappa shape index (κ2) is 10.4. The minimum Gasteiger partial charge on any atom is -0.426 e. The van der Waals surface area contributed by atoms with Gasteiger partial charge in [0.2, 0.25) is 0 Å². The van der Waals surface area contributed by atoms with Gasteiger partial charge >= 0.3 is 5.97 Å². The molecule has 0 unspecified atom stereocenters. The molecule has 0 atom stereocenters. The van der Waals surface area contributed by atoms with Crippen molar-refractivity contribution in [1.29, 1.82) is 5.26 Å². The molecule has 1 aromatic rings. The number of benzene rings is 1. The number of nitriles is 1. The van der Waals surface area contributed by atoms with Gasteiger partial charge in [-0.1, -0.05) is 51.7 Å². The maximum absolute atomic E-state index is 12.5. The number of carbonyl (C=O) groups excluding carboxylic acids is 1. The largest absolute Gasteiger partial charge is 0.426 e. The molecule has 26 heavy (non-hydrogen) atoms. The molecule has 3 nitrogen and oxygen atoms in total. The minimum atomic E-state index is -0.215. The Morgan fingerprint density at radius 2 is 1.77 bits per heavy atom. The molecule has 0 saturated heterocycles. The van der Waals surface area contributed by atoms with Gasteiger partial charge in [0.25, 0.3) is 0 Å². The molecular formula is C23H33NO2. The van der Waals surface area contributed by atoms with Crippen LogP contribution in [0.5, 0.6) is 5.75 Å². The molecule has 3 heteroatoms. The molecule has 0 radical (unpaired) electrons. The summed E-state index contributed by atoms with van der Waals surface area (Å²) in [6.07, 6.45) is 11.1. The van der Waals surface area contributed by atoms with Crippen LogP contribution in [0.4, 0.5) is 0 Å². The lowest BCUT2D eigenvalue weighted by Gasteiger charge is -2.34. The van der Waals surface area contributed by atoms with Gasteiger partial charge in [-0.2, -0.15) is 5.26 Å². The summed E-state index contributed by atoms with van der Waals surface area (Å²) >= 11 is 0. The van der Waals surface area contributed by atoms with Crippen molar-refractivity contribution in [2.75, 3.05) is 0 Å². The van der Waals surface area contributed by atoms with Gasteiger partial charge in [-0.15, -0.1) is 0 Å². The van der Waals surface area contributed by atoms with Crippen LogP contribution in [-0.4, -0.2) is 5.97 Å². The van der Waals surface area contributed by atoms with E-state index in [0.717, 1.165) is 44.9 Å². The van der Waals surface area contributed by atoms with Crippen LogP contribution in [0.25, 0.3) is 0 Å². The Morgan fingerprint density at radius 1 is 1.12 bits per heavy atom. The van der Waals surface area contributed by atoms with E-state index in [2.05, 4.69) is 19.9 Å². The predicted octanol–water partition coefficient (Wildman–Crippen LogP) is 6.22. The molecule has 0 bridgehead atoms. The molecule has 1 saturated carbocycles. The lowest BCUT2D eigenvalue weighted by atomic mass is 9.69. The van der Waals surface area contributed by atoms with Gasteiger partial charge in [0.15, 0.2) is 0 Å². The smallest absolute Gasteiger partial charge is 0.314 e. The van der Waals surface area contributed by atoms with E-state index in [-0.39, 0.29) is 17.3 Å². The average Bonchev–Trinajstić information content (AvgIpc) is 2.68. The molecule has 0 aromatic heterocycles. The summed E-state index contributed by atoms with van der Waals surface area (Å²) in [6.45, 7) is 4.37. The summed E-state index contributed by atoms with van der Waals surface area (Å²) in [5.74, 6) is 0.434. The molecule has 0 aliphatic heterocycles. The second-order valence-electron chi connectivity index (χ2n) is 7.79. The van der Waals surface area contributed by atoms with E-state index in [0.29, 0.717) is 5.75 Å². The monoisotopic (exact) mass is 355 g/mol. The van der Waals surface area contributed by atoms with E-state index in [4.69, 9.17) is 4.74 Å². The number of hydrogen-bond acceptors (Lipinski definition) is 3. The third-order valence-corrected chi connectivity index (χ3v) is 5.73. The summed E-state index contributed by atoms with van der Waals surface area (Å²) in [6, 6.07) is 10.5. The number of hydrogen-bond donors (Lipinski definition) is 0. The molecule has 0 N–H and O–H groups in total. The normalized spacial score (nSPS) is 22.6. The van der Waals surface area contributed by atoms with Gasteiger partial charge in [0, 0.05) is 0 Å². The third-order valence-electron chi connectivity index (χ3n) is 5.73. The second-order valence-corrected chi connectivity index (χ2v) is 7.79. The first-order valence-electron chi connectivity index (χ1n) is 10.3. The van der Waals surface area contributed by atoms with Gasteiger partial charge in [-0.25, -0.2) is 0 Å². The zero-order chi connectivity index (χ0) is 18.8. The zero-order valence-corrected chi connectivity index (χ0v) is 16.4. The van der Waals surface area contributed by atoms with Gasteiger partial charge in [0.05, 0.1) is 17.4 Å². The van der Waals surface area contributed by atoms with E-state index in [1.54, 1.807) is 0 Å². The van der Waals surface area contributed by atoms with Gasteiger partial charge in [-0.3, -0.25) is 4.79 Å². The molecule has 1 fully saturated rings. The standard InChI is InChI=1S/C23H33NO2/c1-3-5-7-15-23(18-24)16-13-20(14-17-23)22(25)26-21-11-9-19(10-12-21)8-6-4-2/h9-12,20H,3-8,13-17H2,1-2H3/t20-,23+. The Bertz CT molecular complexity index is 592. The third kappa shape index (κ3) is 5.87. The van der Waals surface area contributed by atoms with E-state index >= 15 is 0 Å². The van der Waals surface area contributed by atoms with Crippen LogP contribution in [-0.2, 0) is 11.2 Å². The quantitative estimate of drug-likeness (QED) is 0.300. The summed E-state index contributed by atoms with van der Waals surface area (Å²) in [5, 5.41) is 9.62. The summed E-state index contributed by atoms with van der Waals surface area (Å²) in [5.41, 5.74) is 1.07. The van der Waals surface area contributed by atoms with Crippen molar-refractivity contribution in [2.45, 2.75) is 84.5 Å². The Kier molecular flexibility index (Phi) is 8.16. The van der Waals surface area contributed by atoms with Gasteiger partial charge < -0.3 is 4.74 Å². The molecule has 142 valence electrons. The Hall–Kier alpha value is -1.82. The number of aryl methyl sites for hydroxylation is 1. The number of rotatable bonds is 9. The molecule has 0 heterocycles.